The number of hydrogen-bond donors (Lipinski definition) is 1. The molecule has 0 saturated heterocycles. The summed E-state index contributed by atoms with van der Waals surface area (Å²) in [6, 6.07) is 0. The van der Waals surface area contributed by atoms with Crippen LogP contribution < -0.4 is 0 Å². The molecule has 0 amide bonds. The van der Waals surface area contributed by atoms with Gasteiger partial charge in [0, 0.05) is 12.3 Å². The van der Waals surface area contributed by atoms with E-state index in [2.05, 4.69) is 0 Å². The van der Waals surface area contributed by atoms with Crippen LogP contribution in [-0.2, 0) is 9.59 Å². The highest BCUT2D eigenvalue weighted by Crippen LogP contribution is 2.50. The number of ketones is 1. The van der Waals surface area contributed by atoms with Crippen molar-refractivity contribution in [1.82, 2.24) is 0 Å². The van der Waals surface area contributed by atoms with Gasteiger partial charge in [0.1, 0.15) is 5.78 Å². The molecule has 3 nitrogen and oxygen atoms in total. The zero-order valence-corrected chi connectivity index (χ0v) is 7.75. The van der Waals surface area contributed by atoms with Crippen molar-refractivity contribution >= 4 is 11.8 Å². The Morgan fingerprint density at radius 3 is 2.62 bits per heavy atom. The SMILES string of the molecule is C[C@@]1(C(=O)O)C[C@H]2CC[C@H]1CC2=O. The van der Waals surface area contributed by atoms with Crippen LogP contribution in [0.5, 0.6) is 0 Å². The average molecular weight is 182 g/mol. The van der Waals surface area contributed by atoms with Gasteiger partial charge < -0.3 is 5.11 Å². The number of fused-ring (bicyclic) bond motifs is 3. The molecule has 3 aliphatic carbocycles. The van der Waals surface area contributed by atoms with Gasteiger partial charge in [0.25, 0.3) is 0 Å². The predicted molar refractivity (Wildman–Crippen MR) is 46.2 cm³/mol. The predicted octanol–water partition coefficient (Wildman–Crippen LogP) is 1.47. The fourth-order valence-electron chi connectivity index (χ4n) is 2.78. The van der Waals surface area contributed by atoms with E-state index in [1.54, 1.807) is 6.92 Å². The number of carbonyl (C=O) groups excluding carboxylic acids is 1. The molecule has 1 N–H and O–H groups in total. The van der Waals surface area contributed by atoms with Crippen LogP contribution >= 0.6 is 0 Å². The van der Waals surface area contributed by atoms with Crippen molar-refractivity contribution in [3.63, 3.8) is 0 Å². The van der Waals surface area contributed by atoms with Crippen molar-refractivity contribution in [3.05, 3.63) is 0 Å². The lowest BCUT2D eigenvalue weighted by atomic mass is 9.56. The molecule has 3 saturated carbocycles. The van der Waals surface area contributed by atoms with Crippen LogP contribution in [0, 0.1) is 17.3 Å². The second kappa shape index (κ2) is 2.56. The van der Waals surface area contributed by atoms with E-state index in [1.807, 2.05) is 0 Å². The highest BCUT2D eigenvalue weighted by molar-refractivity contribution is 5.87. The third-order valence-corrected chi connectivity index (χ3v) is 3.83. The third-order valence-electron chi connectivity index (χ3n) is 3.83. The van der Waals surface area contributed by atoms with Gasteiger partial charge in [-0.05, 0) is 32.1 Å². The highest BCUT2D eigenvalue weighted by atomic mass is 16.4. The average Bonchev–Trinajstić information content (AvgIpc) is 2.07. The zero-order valence-electron chi connectivity index (χ0n) is 7.75. The van der Waals surface area contributed by atoms with E-state index in [-0.39, 0.29) is 17.6 Å². The zero-order chi connectivity index (χ0) is 9.64. The van der Waals surface area contributed by atoms with E-state index >= 15 is 0 Å². The largest absolute Gasteiger partial charge is 0.481 e. The monoisotopic (exact) mass is 182 g/mol. The Balaban J connectivity index is 2.28. The molecule has 0 unspecified atom stereocenters. The van der Waals surface area contributed by atoms with Crippen molar-refractivity contribution < 1.29 is 14.7 Å². The van der Waals surface area contributed by atoms with E-state index in [4.69, 9.17) is 5.11 Å². The number of carboxylic acids is 1. The second-order valence-corrected chi connectivity index (χ2v) is 4.57. The Morgan fingerprint density at radius 2 is 2.23 bits per heavy atom. The molecular weight excluding hydrogens is 168 g/mol. The molecule has 0 radical (unpaired) electrons. The number of aliphatic carboxylic acids is 1. The van der Waals surface area contributed by atoms with Crippen LogP contribution in [0.4, 0.5) is 0 Å². The lowest BCUT2D eigenvalue weighted by molar-refractivity contribution is -0.161. The fourth-order valence-corrected chi connectivity index (χ4v) is 2.78. The van der Waals surface area contributed by atoms with Crippen LogP contribution in [0.1, 0.15) is 32.6 Å². The molecular formula is C10H14O3. The smallest absolute Gasteiger partial charge is 0.309 e. The van der Waals surface area contributed by atoms with Gasteiger partial charge in [0.2, 0.25) is 0 Å². The maximum Gasteiger partial charge on any atom is 0.309 e. The molecule has 0 aliphatic heterocycles. The lowest BCUT2D eigenvalue weighted by Crippen LogP contribution is -2.48. The molecule has 3 aliphatic rings. The normalized spacial score (nSPS) is 43.6. The van der Waals surface area contributed by atoms with Gasteiger partial charge in [-0.2, -0.15) is 0 Å². The van der Waals surface area contributed by atoms with Gasteiger partial charge in [-0.15, -0.1) is 0 Å². The molecule has 0 heterocycles. The number of carbonyl (C=O) groups is 2. The molecule has 2 bridgehead atoms. The minimum atomic E-state index is -0.727. The maximum absolute atomic E-state index is 11.4. The van der Waals surface area contributed by atoms with Crippen molar-refractivity contribution in [1.29, 1.82) is 0 Å². The summed E-state index contributed by atoms with van der Waals surface area (Å²) in [6.45, 7) is 1.79. The molecule has 3 fully saturated rings. The summed E-state index contributed by atoms with van der Waals surface area (Å²) in [5.74, 6) is -0.321. The van der Waals surface area contributed by atoms with E-state index < -0.39 is 11.4 Å². The van der Waals surface area contributed by atoms with Gasteiger partial charge in [-0.1, -0.05) is 0 Å². The van der Waals surface area contributed by atoms with Crippen LogP contribution in [0.3, 0.4) is 0 Å². The number of carboxylic acid groups (broad SMARTS) is 1. The van der Waals surface area contributed by atoms with Crippen LogP contribution in [-0.4, -0.2) is 16.9 Å². The first-order chi connectivity index (χ1) is 6.04. The lowest BCUT2D eigenvalue weighted by Gasteiger charge is -2.46. The van der Waals surface area contributed by atoms with E-state index in [0.717, 1.165) is 12.8 Å². The van der Waals surface area contributed by atoms with E-state index in [9.17, 15) is 9.59 Å². The Hall–Kier alpha value is -0.860. The van der Waals surface area contributed by atoms with Crippen molar-refractivity contribution in [2.24, 2.45) is 17.3 Å². The number of hydrogen-bond acceptors (Lipinski definition) is 2. The Bertz CT molecular complexity index is 271. The summed E-state index contributed by atoms with van der Waals surface area (Å²) in [4.78, 5) is 22.4. The van der Waals surface area contributed by atoms with Crippen LogP contribution in [0.25, 0.3) is 0 Å². The first-order valence-corrected chi connectivity index (χ1v) is 4.80. The molecule has 13 heavy (non-hydrogen) atoms. The highest BCUT2D eigenvalue weighted by Gasteiger charge is 2.52. The van der Waals surface area contributed by atoms with Crippen LogP contribution in [0.15, 0.2) is 0 Å². The minimum absolute atomic E-state index is 0.0334. The second-order valence-electron chi connectivity index (χ2n) is 4.57. The molecule has 72 valence electrons. The Kier molecular flexibility index (Phi) is 1.72. The number of Topliss-reactive ketones (excluding diaryl/α,β-unsaturated/α-hetero) is 1. The van der Waals surface area contributed by atoms with Crippen molar-refractivity contribution in [2.75, 3.05) is 0 Å². The van der Waals surface area contributed by atoms with Gasteiger partial charge in [0.05, 0.1) is 5.41 Å². The number of rotatable bonds is 1. The quantitative estimate of drug-likeness (QED) is 0.668. The van der Waals surface area contributed by atoms with E-state index in [1.165, 1.54) is 0 Å². The summed E-state index contributed by atoms with van der Waals surface area (Å²) in [7, 11) is 0. The molecule has 0 spiro atoms. The summed E-state index contributed by atoms with van der Waals surface area (Å²) in [5, 5.41) is 9.09. The van der Waals surface area contributed by atoms with E-state index in [0.29, 0.717) is 12.8 Å². The molecule has 0 aromatic rings. The Morgan fingerprint density at radius 1 is 1.54 bits per heavy atom. The first-order valence-electron chi connectivity index (χ1n) is 4.80. The third kappa shape index (κ3) is 1.10. The fraction of sp³-hybridized carbons (Fsp3) is 0.800. The Labute approximate surface area is 77.1 Å². The molecule has 3 rings (SSSR count). The van der Waals surface area contributed by atoms with Gasteiger partial charge in [0.15, 0.2) is 0 Å². The molecule has 0 aromatic heterocycles. The molecule has 3 heteroatoms. The summed E-state index contributed by atoms with van der Waals surface area (Å²) >= 11 is 0. The van der Waals surface area contributed by atoms with Crippen molar-refractivity contribution in [3.8, 4) is 0 Å². The van der Waals surface area contributed by atoms with Crippen molar-refractivity contribution in [2.45, 2.75) is 32.6 Å². The summed E-state index contributed by atoms with van der Waals surface area (Å²) in [5.41, 5.74) is -0.628. The molecule has 0 aromatic carbocycles. The molecule has 3 atom stereocenters. The topological polar surface area (TPSA) is 54.4 Å². The summed E-state index contributed by atoms with van der Waals surface area (Å²) in [6.07, 6.45) is 2.88. The summed E-state index contributed by atoms with van der Waals surface area (Å²) < 4.78 is 0. The van der Waals surface area contributed by atoms with Gasteiger partial charge in [-0.3, -0.25) is 9.59 Å². The van der Waals surface area contributed by atoms with Gasteiger partial charge >= 0.3 is 5.97 Å². The van der Waals surface area contributed by atoms with Crippen LogP contribution in [0.2, 0.25) is 0 Å². The maximum atomic E-state index is 11.4. The standard InChI is InChI=1S/C10H14O3/c1-10(9(12)13)5-6-2-3-7(10)4-8(6)11/h6-7H,2-5H2,1H3,(H,12,13)/t6-,7+,10-/m1/s1. The minimum Gasteiger partial charge on any atom is -0.481 e. The first kappa shape index (κ1) is 8.73. The van der Waals surface area contributed by atoms with Gasteiger partial charge in [-0.25, -0.2) is 0 Å².